The molecule has 3 aromatic rings. The highest BCUT2D eigenvalue weighted by Gasteiger charge is 2.04. The monoisotopic (exact) mass is 298 g/mol. The Morgan fingerprint density at radius 1 is 1.27 bits per heavy atom. The van der Waals surface area contributed by atoms with Crippen LogP contribution in [-0.2, 0) is 11.3 Å². The van der Waals surface area contributed by atoms with Gasteiger partial charge < -0.3 is 5.32 Å². The van der Waals surface area contributed by atoms with Gasteiger partial charge in [-0.05, 0) is 41.1 Å². The van der Waals surface area contributed by atoms with Gasteiger partial charge in [0.05, 0.1) is 0 Å². The Balaban J connectivity index is 1.49. The third-order valence-electron chi connectivity index (χ3n) is 3.04. The molecule has 1 amide bonds. The van der Waals surface area contributed by atoms with Crippen LogP contribution in [0.2, 0.25) is 0 Å². The minimum atomic E-state index is -0.0412. The van der Waals surface area contributed by atoms with E-state index in [0.717, 1.165) is 11.3 Å². The molecule has 0 atom stereocenters. The highest BCUT2D eigenvalue weighted by Crippen LogP contribution is 2.17. The second-order valence-electron chi connectivity index (χ2n) is 4.64. The van der Waals surface area contributed by atoms with Gasteiger partial charge in [0.15, 0.2) is 5.82 Å². The summed E-state index contributed by atoms with van der Waals surface area (Å²) in [7, 11) is 0. The first-order valence-corrected chi connectivity index (χ1v) is 6.78. The van der Waals surface area contributed by atoms with Gasteiger partial charge in [0.1, 0.15) is 12.7 Å². The average Bonchev–Trinajstić information content (AvgIpc) is 3.21. The summed E-state index contributed by atoms with van der Waals surface area (Å²) in [5, 5.41) is 20.3. The fourth-order valence-corrected chi connectivity index (χ4v) is 1.96. The molecule has 3 rings (SSSR count). The molecule has 0 fully saturated rings. The number of carbonyl (C=O) groups is 1. The largest absolute Gasteiger partial charge is 0.326 e. The van der Waals surface area contributed by atoms with Crippen LogP contribution in [0.1, 0.15) is 12.8 Å². The Kier molecular flexibility index (Phi) is 4.14. The maximum absolute atomic E-state index is 11.9. The number of nitrogens with zero attached hydrogens (tertiary/aromatic N) is 6. The van der Waals surface area contributed by atoms with Crippen molar-refractivity contribution in [2.45, 2.75) is 19.4 Å². The fraction of sp³-hybridized carbons (Fsp3) is 0.231. The number of carbonyl (C=O) groups excluding carboxylic acids is 1. The smallest absolute Gasteiger partial charge is 0.224 e. The number of aromatic amines is 1. The quantitative estimate of drug-likeness (QED) is 0.698. The van der Waals surface area contributed by atoms with Crippen LogP contribution < -0.4 is 5.32 Å². The van der Waals surface area contributed by atoms with E-state index in [2.05, 4.69) is 36.0 Å². The molecule has 1 aromatic carbocycles. The van der Waals surface area contributed by atoms with Crippen molar-refractivity contribution in [2.24, 2.45) is 0 Å². The molecule has 112 valence electrons. The Morgan fingerprint density at radius 2 is 2.14 bits per heavy atom. The molecule has 2 aromatic heterocycles. The van der Waals surface area contributed by atoms with Crippen molar-refractivity contribution in [1.82, 2.24) is 35.4 Å². The molecule has 0 aliphatic carbocycles. The van der Waals surface area contributed by atoms with Gasteiger partial charge >= 0.3 is 0 Å². The zero-order valence-corrected chi connectivity index (χ0v) is 11.7. The first kappa shape index (κ1) is 13.9. The maximum atomic E-state index is 11.9. The van der Waals surface area contributed by atoms with Crippen LogP contribution in [0.15, 0.2) is 36.9 Å². The number of anilines is 1. The zero-order chi connectivity index (χ0) is 15.2. The number of tetrazole rings is 1. The van der Waals surface area contributed by atoms with E-state index in [9.17, 15) is 4.79 Å². The number of nitrogens with one attached hydrogen (secondary N) is 2. The Bertz CT molecular complexity index is 705. The predicted octanol–water partition coefficient (Wildman–Crippen LogP) is 0.877. The molecule has 2 heterocycles. The fourth-order valence-electron chi connectivity index (χ4n) is 1.96. The molecular weight excluding hydrogens is 284 g/mol. The van der Waals surface area contributed by atoms with Crippen LogP contribution >= 0.6 is 0 Å². The molecule has 22 heavy (non-hydrogen) atoms. The third-order valence-corrected chi connectivity index (χ3v) is 3.04. The van der Waals surface area contributed by atoms with Crippen molar-refractivity contribution in [3.63, 3.8) is 0 Å². The third kappa shape index (κ3) is 3.51. The van der Waals surface area contributed by atoms with Gasteiger partial charge in [-0.25, -0.2) is 9.67 Å². The first-order valence-electron chi connectivity index (χ1n) is 6.78. The minimum Gasteiger partial charge on any atom is -0.326 e. The predicted molar refractivity (Wildman–Crippen MR) is 77.5 cm³/mol. The van der Waals surface area contributed by atoms with Gasteiger partial charge in [-0.2, -0.15) is 5.10 Å². The van der Waals surface area contributed by atoms with E-state index in [1.807, 2.05) is 24.3 Å². The van der Waals surface area contributed by atoms with Crippen molar-refractivity contribution in [1.29, 1.82) is 0 Å². The van der Waals surface area contributed by atoms with Crippen molar-refractivity contribution < 1.29 is 4.79 Å². The highest BCUT2D eigenvalue weighted by atomic mass is 16.1. The molecule has 0 unspecified atom stereocenters. The summed E-state index contributed by atoms with van der Waals surface area (Å²) >= 11 is 0. The Labute approximate surface area is 125 Å². The molecule has 0 bridgehead atoms. The van der Waals surface area contributed by atoms with Crippen LogP contribution in [0.3, 0.4) is 0 Å². The van der Waals surface area contributed by atoms with Gasteiger partial charge in [-0.15, -0.1) is 5.10 Å². The lowest BCUT2D eigenvalue weighted by Crippen LogP contribution is -2.12. The number of benzene rings is 1. The summed E-state index contributed by atoms with van der Waals surface area (Å²) in [4.78, 5) is 15.9. The highest BCUT2D eigenvalue weighted by molar-refractivity contribution is 5.90. The van der Waals surface area contributed by atoms with Crippen LogP contribution in [0.25, 0.3) is 11.4 Å². The van der Waals surface area contributed by atoms with Crippen LogP contribution in [0.4, 0.5) is 5.69 Å². The molecule has 0 aliphatic rings. The van der Waals surface area contributed by atoms with Gasteiger partial charge in [-0.1, -0.05) is 0 Å². The Hall–Kier alpha value is -3.10. The first-order chi connectivity index (χ1) is 10.8. The zero-order valence-electron chi connectivity index (χ0n) is 11.7. The van der Waals surface area contributed by atoms with E-state index in [-0.39, 0.29) is 5.91 Å². The van der Waals surface area contributed by atoms with Crippen LogP contribution in [-0.4, -0.2) is 41.3 Å². The second kappa shape index (κ2) is 6.57. The standard InChI is InChI=1S/C13H14N8O/c22-12(2-1-7-21-9-16-19-20-21)17-11-5-3-10(4-6-11)13-14-8-15-18-13/h3-6,8-9H,1-2,7H2,(H,17,22)(H,14,15,18). The lowest BCUT2D eigenvalue weighted by Gasteiger charge is -2.05. The molecule has 9 nitrogen and oxygen atoms in total. The number of aromatic nitrogens is 7. The maximum Gasteiger partial charge on any atom is 0.224 e. The van der Waals surface area contributed by atoms with Gasteiger partial charge in [0, 0.05) is 24.2 Å². The Morgan fingerprint density at radius 3 is 2.82 bits per heavy atom. The van der Waals surface area contributed by atoms with E-state index in [4.69, 9.17) is 0 Å². The van der Waals surface area contributed by atoms with Gasteiger partial charge in [0.25, 0.3) is 0 Å². The number of aryl methyl sites for hydroxylation is 1. The molecule has 9 heteroatoms. The molecule has 0 spiro atoms. The average molecular weight is 298 g/mol. The number of hydrogen-bond acceptors (Lipinski definition) is 6. The minimum absolute atomic E-state index is 0.0412. The summed E-state index contributed by atoms with van der Waals surface area (Å²) in [6.45, 7) is 0.616. The molecular formula is C13H14N8O. The van der Waals surface area contributed by atoms with E-state index in [0.29, 0.717) is 25.2 Å². The summed E-state index contributed by atoms with van der Waals surface area (Å²) in [6.07, 6.45) is 4.06. The normalized spacial score (nSPS) is 10.5. The topological polar surface area (TPSA) is 114 Å². The van der Waals surface area contributed by atoms with Crippen LogP contribution in [0.5, 0.6) is 0 Å². The summed E-state index contributed by atoms with van der Waals surface area (Å²) in [6, 6.07) is 7.41. The van der Waals surface area contributed by atoms with E-state index < -0.39 is 0 Å². The van der Waals surface area contributed by atoms with Crippen LogP contribution in [0, 0.1) is 0 Å². The van der Waals surface area contributed by atoms with E-state index >= 15 is 0 Å². The summed E-state index contributed by atoms with van der Waals surface area (Å²) in [5.74, 6) is 0.653. The molecule has 0 saturated heterocycles. The van der Waals surface area contributed by atoms with Crippen molar-refractivity contribution in [3.8, 4) is 11.4 Å². The molecule has 2 N–H and O–H groups in total. The van der Waals surface area contributed by atoms with Crippen molar-refractivity contribution >= 4 is 11.6 Å². The second-order valence-corrected chi connectivity index (χ2v) is 4.64. The SMILES string of the molecule is O=C(CCCn1cnnn1)Nc1ccc(-c2ncn[nH]2)cc1. The summed E-state index contributed by atoms with van der Waals surface area (Å²) < 4.78 is 1.60. The number of rotatable bonds is 6. The number of hydrogen-bond donors (Lipinski definition) is 2. The van der Waals surface area contributed by atoms with Gasteiger partial charge in [-0.3, -0.25) is 9.89 Å². The van der Waals surface area contributed by atoms with E-state index in [1.165, 1.54) is 12.7 Å². The van der Waals surface area contributed by atoms with Crippen molar-refractivity contribution in [2.75, 3.05) is 5.32 Å². The number of amides is 1. The lowest BCUT2D eigenvalue weighted by atomic mass is 10.2. The summed E-state index contributed by atoms with van der Waals surface area (Å²) in [5.41, 5.74) is 1.66. The lowest BCUT2D eigenvalue weighted by molar-refractivity contribution is -0.116. The molecule has 0 saturated carbocycles. The van der Waals surface area contributed by atoms with Crippen molar-refractivity contribution in [3.05, 3.63) is 36.9 Å². The molecule has 0 aliphatic heterocycles. The number of H-pyrrole nitrogens is 1. The van der Waals surface area contributed by atoms with E-state index in [1.54, 1.807) is 4.68 Å². The molecule has 0 radical (unpaired) electrons. The van der Waals surface area contributed by atoms with Gasteiger partial charge in [0.2, 0.25) is 5.91 Å².